The minimum atomic E-state index is -1.63. The lowest BCUT2D eigenvalue weighted by Crippen LogP contribution is -2.44. The Hall–Kier alpha value is 0.717. The maximum Gasteiger partial charge on any atom is 0.192 e. The van der Waals surface area contributed by atoms with Gasteiger partial charge in [0.05, 0.1) is 12.2 Å². The van der Waals surface area contributed by atoms with Crippen LogP contribution in [-0.4, -0.2) is 37.4 Å². The van der Waals surface area contributed by atoms with Crippen molar-refractivity contribution in [1.29, 1.82) is 0 Å². The van der Waals surface area contributed by atoms with Crippen molar-refractivity contribution >= 4 is 31.5 Å². The van der Waals surface area contributed by atoms with Crippen molar-refractivity contribution in [1.82, 2.24) is 0 Å². The van der Waals surface area contributed by atoms with Crippen molar-refractivity contribution in [3.05, 3.63) is 0 Å². The van der Waals surface area contributed by atoms with Gasteiger partial charge in [0.25, 0.3) is 0 Å². The van der Waals surface area contributed by atoms with Gasteiger partial charge in [0.2, 0.25) is 0 Å². The first kappa shape index (κ1) is 27.9. The Morgan fingerprint density at radius 1 is 0.880 bits per heavy atom. The molecule has 2 nitrogen and oxygen atoms in total. The van der Waals surface area contributed by atoms with E-state index in [-0.39, 0.29) is 17.2 Å². The predicted octanol–water partition coefficient (Wildman–Crippen LogP) is 7.36. The summed E-state index contributed by atoms with van der Waals surface area (Å²) in [4.78, 5) is 0. The van der Waals surface area contributed by atoms with Crippen LogP contribution in [0.5, 0.6) is 0 Å². The van der Waals surface area contributed by atoms with Crippen molar-refractivity contribution in [2.75, 3.05) is 11.8 Å². The van der Waals surface area contributed by atoms with Crippen LogP contribution in [-0.2, 0) is 4.43 Å². The van der Waals surface area contributed by atoms with Gasteiger partial charge in [-0.1, -0.05) is 73.1 Å². The molecule has 1 N–H and O–H groups in total. The number of unbranched alkanes of at least 4 members (excludes halogenated alkanes) is 4. The summed E-state index contributed by atoms with van der Waals surface area (Å²) in [7, 11) is -1.63. The highest BCUT2D eigenvalue weighted by atomic mass is 35.5. The van der Waals surface area contributed by atoms with Gasteiger partial charge in [0.15, 0.2) is 8.32 Å². The second kappa shape index (κ2) is 15.7. The van der Waals surface area contributed by atoms with Gasteiger partial charge in [-0.3, -0.25) is 0 Å². The largest absolute Gasteiger partial charge is 0.413 e. The van der Waals surface area contributed by atoms with Crippen molar-refractivity contribution in [3.63, 3.8) is 0 Å². The molecule has 0 fully saturated rings. The number of alkyl halides is 2. The van der Waals surface area contributed by atoms with Gasteiger partial charge in [-0.2, -0.15) is 0 Å². The van der Waals surface area contributed by atoms with Gasteiger partial charge in [-0.25, -0.2) is 0 Å². The molecule has 0 aliphatic heterocycles. The highest BCUT2D eigenvalue weighted by molar-refractivity contribution is 6.74. The molecule has 2 atom stereocenters. The monoisotopic (exact) mass is 414 g/mol. The topological polar surface area (TPSA) is 29.5 Å². The average molecular weight is 416 g/mol. The first-order valence-electron chi connectivity index (χ1n) is 10.0. The SMILES string of the molecule is CCCCC[C@@H](CCl)O[Si](C)(C)C(C)(C)C.CCCCC[C@H](O)CCl. The number of rotatable bonds is 12. The third-order valence-corrected chi connectivity index (χ3v) is 10.1. The Morgan fingerprint density at radius 3 is 1.72 bits per heavy atom. The normalized spacial score (nSPS) is 14.6. The summed E-state index contributed by atoms with van der Waals surface area (Å²) in [6, 6.07) is 0. The van der Waals surface area contributed by atoms with Crippen LogP contribution in [0.25, 0.3) is 0 Å². The summed E-state index contributed by atoms with van der Waals surface area (Å²) in [5, 5.41) is 9.23. The fourth-order valence-electron chi connectivity index (χ4n) is 2.09. The second-order valence-electron chi connectivity index (χ2n) is 8.45. The van der Waals surface area contributed by atoms with E-state index in [2.05, 4.69) is 47.7 Å². The van der Waals surface area contributed by atoms with E-state index >= 15 is 0 Å². The summed E-state index contributed by atoms with van der Waals surface area (Å²) in [5.74, 6) is 1.01. The second-order valence-corrected chi connectivity index (χ2v) is 13.8. The maximum absolute atomic E-state index is 8.95. The van der Waals surface area contributed by atoms with E-state index in [9.17, 15) is 0 Å². The van der Waals surface area contributed by atoms with Gasteiger partial charge in [-0.05, 0) is 31.0 Å². The van der Waals surface area contributed by atoms with Crippen LogP contribution in [0.2, 0.25) is 18.1 Å². The first-order chi connectivity index (χ1) is 11.6. The Balaban J connectivity index is 0. The van der Waals surface area contributed by atoms with Crippen molar-refractivity contribution in [3.8, 4) is 0 Å². The Bertz CT molecular complexity index is 294. The molecule has 0 aromatic heterocycles. The molecule has 0 saturated heterocycles. The molecular weight excluding hydrogens is 371 g/mol. The van der Waals surface area contributed by atoms with Gasteiger partial charge in [-0.15, -0.1) is 23.2 Å². The third kappa shape index (κ3) is 15.5. The Morgan fingerprint density at radius 2 is 1.36 bits per heavy atom. The highest BCUT2D eigenvalue weighted by Crippen LogP contribution is 2.37. The fraction of sp³-hybridized carbons (Fsp3) is 1.00. The number of halogens is 2. The minimum absolute atomic E-state index is 0.258. The minimum Gasteiger partial charge on any atom is -0.413 e. The molecule has 0 aromatic rings. The van der Waals surface area contributed by atoms with E-state index in [1.165, 1.54) is 32.1 Å². The van der Waals surface area contributed by atoms with Crippen molar-refractivity contribution in [2.45, 2.75) is 116 Å². The predicted molar refractivity (Wildman–Crippen MR) is 118 cm³/mol. The molecule has 25 heavy (non-hydrogen) atoms. The molecule has 0 aliphatic carbocycles. The van der Waals surface area contributed by atoms with Crippen LogP contribution in [0.4, 0.5) is 0 Å². The summed E-state index contributed by atoms with van der Waals surface area (Å²) in [6.07, 6.45) is 9.24. The van der Waals surface area contributed by atoms with Crippen LogP contribution >= 0.6 is 23.2 Å². The summed E-state index contributed by atoms with van der Waals surface area (Å²) in [5.41, 5.74) is 0. The Kier molecular flexibility index (Phi) is 17.6. The zero-order chi connectivity index (χ0) is 19.9. The lowest BCUT2D eigenvalue weighted by Gasteiger charge is -2.39. The zero-order valence-corrected chi connectivity index (χ0v) is 20.3. The molecule has 5 heteroatoms. The summed E-state index contributed by atoms with van der Waals surface area (Å²) < 4.78 is 6.31. The molecule has 0 unspecified atom stereocenters. The summed E-state index contributed by atoms with van der Waals surface area (Å²) >= 11 is 11.4. The lowest BCUT2D eigenvalue weighted by atomic mass is 10.1. The average Bonchev–Trinajstić information content (AvgIpc) is 2.53. The van der Waals surface area contributed by atoms with Gasteiger partial charge in [0.1, 0.15) is 0 Å². The molecular formula is C20H44Cl2O2Si. The van der Waals surface area contributed by atoms with E-state index < -0.39 is 8.32 Å². The van der Waals surface area contributed by atoms with E-state index in [1.807, 2.05) is 0 Å². The molecule has 0 aliphatic rings. The zero-order valence-electron chi connectivity index (χ0n) is 17.8. The number of hydrogen-bond acceptors (Lipinski definition) is 2. The maximum atomic E-state index is 8.95. The number of aliphatic hydroxyl groups is 1. The van der Waals surface area contributed by atoms with Crippen molar-refractivity contribution < 1.29 is 9.53 Å². The van der Waals surface area contributed by atoms with Gasteiger partial charge in [0, 0.05) is 11.8 Å². The molecule has 0 radical (unpaired) electrons. The first-order valence-corrected chi connectivity index (χ1v) is 14.0. The Labute approximate surface area is 169 Å². The third-order valence-electron chi connectivity index (χ3n) is 4.89. The lowest BCUT2D eigenvalue weighted by molar-refractivity contribution is 0.184. The van der Waals surface area contributed by atoms with E-state index in [0.29, 0.717) is 11.8 Å². The van der Waals surface area contributed by atoms with Crippen LogP contribution in [0.15, 0.2) is 0 Å². The fourth-order valence-corrected chi connectivity index (χ4v) is 3.96. The quantitative estimate of drug-likeness (QED) is 0.205. The molecule has 0 bridgehead atoms. The highest BCUT2D eigenvalue weighted by Gasteiger charge is 2.38. The van der Waals surface area contributed by atoms with Crippen molar-refractivity contribution in [2.24, 2.45) is 0 Å². The van der Waals surface area contributed by atoms with Crippen LogP contribution in [0.3, 0.4) is 0 Å². The number of hydrogen-bond donors (Lipinski definition) is 1. The van der Waals surface area contributed by atoms with E-state index in [0.717, 1.165) is 19.3 Å². The van der Waals surface area contributed by atoms with Crippen LogP contribution < -0.4 is 0 Å². The molecule has 0 heterocycles. The van der Waals surface area contributed by atoms with E-state index in [1.54, 1.807) is 0 Å². The molecule has 154 valence electrons. The molecule has 0 saturated carbocycles. The smallest absolute Gasteiger partial charge is 0.192 e. The van der Waals surface area contributed by atoms with Crippen LogP contribution in [0.1, 0.15) is 86.0 Å². The molecule has 0 aromatic carbocycles. The van der Waals surface area contributed by atoms with Gasteiger partial charge < -0.3 is 9.53 Å². The van der Waals surface area contributed by atoms with E-state index in [4.69, 9.17) is 32.7 Å². The van der Waals surface area contributed by atoms with Crippen LogP contribution in [0, 0.1) is 0 Å². The van der Waals surface area contributed by atoms with Gasteiger partial charge >= 0.3 is 0 Å². The molecule has 0 spiro atoms. The standard InChI is InChI=1S/C13H29ClOSi.C7H15ClO/c1-7-8-9-10-12(11-14)15-16(5,6)13(2,3)4;1-2-3-4-5-7(9)6-8/h12H,7-11H2,1-6H3;7,9H,2-6H2,1H3/t12-;7-/m00/s1. The molecule has 0 rings (SSSR count). The molecule has 0 amide bonds. The number of aliphatic hydroxyl groups excluding tert-OH is 1. The summed E-state index contributed by atoms with van der Waals surface area (Å²) in [6.45, 7) is 15.8.